The number of aliphatic imine (C=N–C) groups is 1. The maximum atomic E-state index is 12.0. The Kier molecular flexibility index (Phi) is 7.83. The molecule has 1 heterocycles. The van der Waals surface area contributed by atoms with Gasteiger partial charge in [-0.25, -0.2) is 13.1 Å². The summed E-state index contributed by atoms with van der Waals surface area (Å²) < 4.78 is 26.5. The van der Waals surface area contributed by atoms with Crippen molar-refractivity contribution in [2.75, 3.05) is 26.7 Å². The van der Waals surface area contributed by atoms with E-state index in [0.29, 0.717) is 18.4 Å². The minimum atomic E-state index is -3.51. The monoisotopic (exact) mass is 327 g/mol. The second-order valence-corrected chi connectivity index (χ2v) is 6.96. The van der Waals surface area contributed by atoms with E-state index in [1.54, 1.807) is 13.1 Å². The molecule has 8 heteroatoms. The van der Waals surface area contributed by atoms with E-state index in [2.05, 4.69) is 39.2 Å². The lowest BCUT2D eigenvalue weighted by atomic mass is 10.1. The third-order valence-corrected chi connectivity index (χ3v) is 4.34. The third kappa shape index (κ3) is 6.86. The quantitative estimate of drug-likeness (QED) is 0.369. The molecule has 0 unspecified atom stereocenters. The minimum Gasteiger partial charge on any atom is -0.356 e. The average Bonchev–Trinajstić information content (AvgIpc) is 2.50. The molecule has 0 aliphatic carbocycles. The van der Waals surface area contributed by atoms with Gasteiger partial charge in [0, 0.05) is 39.1 Å². The van der Waals surface area contributed by atoms with Crippen LogP contribution in [0.2, 0.25) is 0 Å². The lowest BCUT2D eigenvalue weighted by molar-refractivity contribution is 0.571. The highest BCUT2D eigenvalue weighted by Gasteiger charge is 2.12. The van der Waals surface area contributed by atoms with Gasteiger partial charge in [-0.3, -0.25) is 9.98 Å². The van der Waals surface area contributed by atoms with Gasteiger partial charge in [0.2, 0.25) is 10.0 Å². The van der Waals surface area contributed by atoms with Gasteiger partial charge in [-0.05, 0) is 24.5 Å². The smallest absolute Gasteiger partial charge is 0.242 e. The maximum absolute atomic E-state index is 12.0. The van der Waals surface area contributed by atoms with Gasteiger partial charge < -0.3 is 10.6 Å². The number of hydrogen-bond acceptors (Lipinski definition) is 4. The van der Waals surface area contributed by atoms with Gasteiger partial charge in [0.05, 0.1) is 0 Å². The molecular weight excluding hydrogens is 302 g/mol. The third-order valence-electron chi connectivity index (χ3n) is 2.89. The first-order valence-corrected chi connectivity index (χ1v) is 8.78. The molecule has 124 valence electrons. The summed E-state index contributed by atoms with van der Waals surface area (Å²) in [5, 5.41) is 6.25. The van der Waals surface area contributed by atoms with Gasteiger partial charge >= 0.3 is 0 Å². The number of hydrogen-bond donors (Lipinski definition) is 3. The highest BCUT2D eigenvalue weighted by atomic mass is 32.2. The number of pyridine rings is 1. The van der Waals surface area contributed by atoms with E-state index in [-0.39, 0.29) is 11.4 Å². The molecule has 1 aromatic heterocycles. The Morgan fingerprint density at radius 3 is 2.59 bits per heavy atom. The molecule has 1 rings (SSSR count). The molecule has 0 aromatic carbocycles. The van der Waals surface area contributed by atoms with Crippen molar-refractivity contribution >= 4 is 16.0 Å². The Labute approximate surface area is 132 Å². The van der Waals surface area contributed by atoms with Crippen molar-refractivity contribution in [3.63, 3.8) is 0 Å². The SMILES string of the molecule is CN=C(NCCNS(=O)(=O)c1cccnc1)NCCC(C)C. The molecule has 3 N–H and O–H groups in total. The first kappa shape index (κ1) is 18.4. The summed E-state index contributed by atoms with van der Waals surface area (Å²) in [5.41, 5.74) is 0. The van der Waals surface area contributed by atoms with Crippen LogP contribution in [0.25, 0.3) is 0 Å². The molecule has 7 nitrogen and oxygen atoms in total. The number of nitrogens with zero attached hydrogens (tertiary/aromatic N) is 2. The number of nitrogens with one attached hydrogen (secondary N) is 3. The zero-order valence-electron chi connectivity index (χ0n) is 13.3. The van der Waals surface area contributed by atoms with Crippen molar-refractivity contribution < 1.29 is 8.42 Å². The van der Waals surface area contributed by atoms with Crippen molar-refractivity contribution in [2.24, 2.45) is 10.9 Å². The van der Waals surface area contributed by atoms with Crippen molar-refractivity contribution in [1.82, 2.24) is 20.3 Å². The van der Waals surface area contributed by atoms with Crippen molar-refractivity contribution in [3.8, 4) is 0 Å². The van der Waals surface area contributed by atoms with Crippen molar-refractivity contribution in [2.45, 2.75) is 25.2 Å². The van der Waals surface area contributed by atoms with Gasteiger partial charge in [-0.1, -0.05) is 13.8 Å². The summed E-state index contributed by atoms with van der Waals surface area (Å²) in [6, 6.07) is 3.10. The highest BCUT2D eigenvalue weighted by molar-refractivity contribution is 7.89. The fraction of sp³-hybridized carbons (Fsp3) is 0.571. The molecule has 0 radical (unpaired) electrons. The molecule has 1 aromatic rings. The summed E-state index contributed by atoms with van der Waals surface area (Å²) in [7, 11) is -1.82. The fourth-order valence-corrected chi connectivity index (χ4v) is 2.65. The second-order valence-electron chi connectivity index (χ2n) is 5.19. The molecular formula is C14H25N5O2S. The van der Waals surface area contributed by atoms with Crippen LogP contribution in [0.4, 0.5) is 0 Å². The zero-order chi connectivity index (χ0) is 16.4. The molecule has 0 aliphatic heterocycles. The number of aromatic nitrogens is 1. The van der Waals surface area contributed by atoms with E-state index in [4.69, 9.17) is 0 Å². The molecule has 0 amide bonds. The summed E-state index contributed by atoms with van der Waals surface area (Å²) in [6.45, 7) is 5.86. The molecule has 0 saturated heterocycles. The van der Waals surface area contributed by atoms with Gasteiger partial charge in [0.15, 0.2) is 5.96 Å². The number of rotatable bonds is 8. The lowest BCUT2D eigenvalue weighted by Gasteiger charge is -2.13. The topological polar surface area (TPSA) is 95.5 Å². The van der Waals surface area contributed by atoms with Crippen LogP contribution in [0.3, 0.4) is 0 Å². The molecule has 0 atom stereocenters. The van der Waals surface area contributed by atoms with Crippen LogP contribution >= 0.6 is 0 Å². The Morgan fingerprint density at radius 2 is 2.00 bits per heavy atom. The first-order valence-electron chi connectivity index (χ1n) is 7.30. The van der Waals surface area contributed by atoms with E-state index in [0.717, 1.165) is 13.0 Å². The van der Waals surface area contributed by atoms with Crippen LogP contribution in [0, 0.1) is 5.92 Å². The normalized spacial score (nSPS) is 12.5. The molecule has 0 fully saturated rings. The molecule has 22 heavy (non-hydrogen) atoms. The van der Waals surface area contributed by atoms with Gasteiger partial charge in [0.25, 0.3) is 0 Å². The summed E-state index contributed by atoms with van der Waals surface area (Å²) in [6.07, 6.45) is 3.91. The number of guanidine groups is 1. The summed E-state index contributed by atoms with van der Waals surface area (Å²) in [5.74, 6) is 1.29. The van der Waals surface area contributed by atoms with Crippen LogP contribution in [-0.2, 0) is 10.0 Å². The van der Waals surface area contributed by atoms with Gasteiger partial charge in [-0.15, -0.1) is 0 Å². The first-order chi connectivity index (χ1) is 10.5. The summed E-state index contributed by atoms with van der Waals surface area (Å²) in [4.78, 5) is 8.05. The maximum Gasteiger partial charge on any atom is 0.242 e. The zero-order valence-corrected chi connectivity index (χ0v) is 14.2. The molecule has 0 bridgehead atoms. The lowest BCUT2D eigenvalue weighted by Crippen LogP contribution is -2.42. The van der Waals surface area contributed by atoms with Gasteiger partial charge in [-0.2, -0.15) is 0 Å². The standard InChI is InChI=1S/C14H25N5O2S/c1-12(2)6-8-17-14(15-3)18-9-10-19-22(20,21)13-5-4-7-16-11-13/h4-5,7,11-12,19H,6,8-10H2,1-3H3,(H2,15,17,18). The molecule has 0 spiro atoms. The second kappa shape index (κ2) is 9.37. The van der Waals surface area contributed by atoms with Crippen molar-refractivity contribution in [1.29, 1.82) is 0 Å². The predicted octanol–water partition coefficient (Wildman–Crippen LogP) is 0.571. The number of sulfonamides is 1. The minimum absolute atomic E-state index is 0.162. The van der Waals surface area contributed by atoms with Crippen LogP contribution in [0.5, 0.6) is 0 Å². The molecule has 0 aliphatic rings. The van der Waals surface area contributed by atoms with Crippen LogP contribution in [0.15, 0.2) is 34.4 Å². The predicted molar refractivity (Wildman–Crippen MR) is 88.2 cm³/mol. The van der Waals surface area contributed by atoms with Crippen LogP contribution in [-0.4, -0.2) is 46.0 Å². The Bertz CT molecular complexity index is 558. The van der Waals surface area contributed by atoms with E-state index in [1.165, 1.54) is 18.5 Å². The van der Waals surface area contributed by atoms with E-state index in [1.807, 2.05) is 0 Å². The van der Waals surface area contributed by atoms with E-state index >= 15 is 0 Å². The molecule has 0 saturated carbocycles. The Hall–Kier alpha value is -1.67. The van der Waals surface area contributed by atoms with E-state index < -0.39 is 10.0 Å². The van der Waals surface area contributed by atoms with Crippen LogP contribution in [0.1, 0.15) is 20.3 Å². The fourth-order valence-electron chi connectivity index (χ4n) is 1.66. The van der Waals surface area contributed by atoms with E-state index in [9.17, 15) is 8.42 Å². The summed E-state index contributed by atoms with van der Waals surface area (Å²) >= 11 is 0. The Morgan fingerprint density at radius 1 is 1.27 bits per heavy atom. The van der Waals surface area contributed by atoms with Gasteiger partial charge in [0.1, 0.15) is 4.90 Å². The largest absolute Gasteiger partial charge is 0.356 e. The van der Waals surface area contributed by atoms with Crippen LogP contribution < -0.4 is 15.4 Å². The van der Waals surface area contributed by atoms with Crippen molar-refractivity contribution in [3.05, 3.63) is 24.5 Å². The highest BCUT2D eigenvalue weighted by Crippen LogP contribution is 2.04. The Balaban J connectivity index is 2.32. The average molecular weight is 327 g/mol.